The number of hydrogen-bond donors (Lipinski definition) is 1. The average molecular weight is 316 g/mol. The molecule has 1 aromatic heterocycles. The molecule has 1 amide bonds. The number of carboxylic acid groups (broad SMARTS) is 1. The molecule has 1 N–H and O–H groups in total. The maximum Gasteiger partial charge on any atom is 0.407 e. The zero-order chi connectivity index (χ0) is 13.1. The third kappa shape index (κ3) is 2.66. The number of hydrogen-bond acceptors (Lipinski definition) is 4. The van der Waals surface area contributed by atoms with E-state index in [2.05, 4.69) is 25.8 Å². The highest BCUT2D eigenvalue weighted by Gasteiger charge is 2.21. The van der Waals surface area contributed by atoms with Gasteiger partial charge in [0.05, 0.1) is 7.11 Å². The van der Waals surface area contributed by atoms with E-state index in [1.165, 1.54) is 4.90 Å². The summed E-state index contributed by atoms with van der Waals surface area (Å²) in [6, 6.07) is 3.72. The number of piperazine rings is 1. The molecule has 0 aromatic carbocycles. The minimum absolute atomic E-state index is 0.501. The number of ether oxygens (including phenoxy) is 1. The van der Waals surface area contributed by atoms with Crippen LogP contribution in [0.4, 0.5) is 10.6 Å². The van der Waals surface area contributed by atoms with Gasteiger partial charge in [0.15, 0.2) is 5.75 Å². The molecule has 18 heavy (non-hydrogen) atoms. The van der Waals surface area contributed by atoms with Crippen molar-refractivity contribution in [2.75, 3.05) is 38.2 Å². The molecule has 1 aliphatic heterocycles. The van der Waals surface area contributed by atoms with Crippen LogP contribution in [0.5, 0.6) is 5.75 Å². The van der Waals surface area contributed by atoms with Crippen LogP contribution in [0.15, 0.2) is 16.7 Å². The summed E-state index contributed by atoms with van der Waals surface area (Å²) >= 11 is 3.34. The molecule has 1 fully saturated rings. The second kappa shape index (κ2) is 5.43. The van der Waals surface area contributed by atoms with Crippen molar-refractivity contribution in [3.05, 3.63) is 16.7 Å². The van der Waals surface area contributed by atoms with Gasteiger partial charge >= 0.3 is 6.09 Å². The predicted molar refractivity (Wildman–Crippen MR) is 70.3 cm³/mol. The first-order chi connectivity index (χ1) is 8.61. The third-order valence-corrected chi connectivity index (χ3v) is 3.46. The number of methoxy groups -OCH3 is 1. The summed E-state index contributed by atoms with van der Waals surface area (Å²) in [4.78, 5) is 18.7. The molecule has 0 aliphatic carbocycles. The Morgan fingerprint density at radius 3 is 2.56 bits per heavy atom. The second-order valence-electron chi connectivity index (χ2n) is 3.92. The van der Waals surface area contributed by atoms with E-state index in [-0.39, 0.29) is 0 Å². The molecular weight excluding hydrogens is 302 g/mol. The van der Waals surface area contributed by atoms with E-state index in [0.29, 0.717) is 36.5 Å². The van der Waals surface area contributed by atoms with E-state index < -0.39 is 6.09 Å². The third-order valence-electron chi connectivity index (χ3n) is 2.89. The molecule has 0 radical (unpaired) electrons. The second-order valence-corrected chi connectivity index (χ2v) is 4.67. The molecule has 0 atom stereocenters. The predicted octanol–water partition coefficient (Wildman–Crippen LogP) is 1.65. The molecular formula is C11H14BrN3O3. The van der Waals surface area contributed by atoms with Crippen LogP contribution in [0, 0.1) is 0 Å². The van der Waals surface area contributed by atoms with Crippen LogP contribution < -0.4 is 9.64 Å². The molecule has 0 saturated carbocycles. The Kier molecular flexibility index (Phi) is 3.90. The van der Waals surface area contributed by atoms with Crippen molar-refractivity contribution < 1.29 is 14.6 Å². The van der Waals surface area contributed by atoms with Gasteiger partial charge in [0.1, 0.15) is 10.4 Å². The topological polar surface area (TPSA) is 65.9 Å². The van der Waals surface area contributed by atoms with Crippen LogP contribution in [0.25, 0.3) is 0 Å². The van der Waals surface area contributed by atoms with E-state index >= 15 is 0 Å². The first-order valence-corrected chi connectivity index (χ1v) is 6.34. The lowest BCUT2D eigenvalue weighted by atomic mass is 10.3. The molecule has 1 saturated heterocycles. The molecule has 0 bridgehead atoms. The Bertz CT molecular complexity index is 447. The number of pyridine rings is 1. The van der Waals surface area contributed by atoms with Crippen molar-refractivity contribution >= 4 is 27.8 Å². The van der Waals surface area contributed by atoms with Gasteiger partial charge in [-0.2, -0.15) is 0 Å². The van der Waals surface area contributed by atoms with Crippen molar-refractivity contribution in [3.8, 4) is 5.75 Å². The number of aromatic nitrogens is 1. The normalized spacial score (nSPS) is 15.7. The lowest BCUT2D eigenvalue weighted by Gasteiger charge is -2.33. The first-order valence-electron chi connectivity index (χ1n) is 5.55. The fourth-order valence-corrected chi connectivity index (χ4v) is 2.34. The van der Waals surface area contributed by atoms with E-state index in [1.807, 2.05) is 12.1 Å². The molecule has 2 heterocycles. The number of nitrogens with zero attached hydrogens (tertiary/aromatic N) is 3. The Balaban J connectivity index is 2.05. The van der Waals surface area contributed by atoms with Gasteiger partial charge in [-0.1, -0.05) is 0 Å². The summed E-state index contributed by atoms with van der Waals surface area (Å²) in [6.07, 6.45) is -0.862. The van der Waals surface area contributed by atoms with Gasteiger partial charge in [0.2, 0.25) is 0 Å². The Morgan fingerprint density at radius 2 is 2.06 bits per heavy atom. The smallest absolute Gasteiger partial charge is 0.407 e. The van der Waals surface area contributed by atoms with Crippen molar-refractivity contribution in [3.63, 3.8) is 0 Å². The van der Waals surface area contributed by atoms with Crippen LogP contribution in [0.2, 0.25) is 0 Å². The standard InChI is InChI=1S/C11H14BrN3O3/c1-18-8-2-3-9(13-10(8)12)14-4-6-15(7-5-14)11(16)17/h2-3H,4-7H2,1H3,(H,16,17). The van der Waals surface area contributed by atoms with Crippen LogP contribution >= 0.6 is 15.9 Å². The SMILES string of the molecule is COc1ccc(N2CCN(C(=O)O)CC2)nc1Br. The largest absolute Gasteiger partial charge is 0.494 e. The zero-order valence-corrected chi connectivity index (χ0v) is 11.6. The van der Waals surface area contributed by atoms with Gasteiger partial charge in [-0.25, -0.2) is 9.78 Å². The first kappa shape index (κ1) is 12.9. The van der Waals surface area contributed by atoms with E-state index in [4.69, 9.17) is 9.84 Å². The zero-order valence-electron chi connectivity index (χ0n) is 9.97. The Labute approximate surface area is 113 Å². The van der Waals surface area contributed by atoms with Gasteiger partial charge in [0, 0.05) is 26.2 Å². The van der Waals surface area contributed by atoms with E-state index in [1.54, 1.807) is 7.11 Å². The summed E-state index contributed by atoms with van der Waals surface area (Å²) in [5.41, 5.74) is 0. The number of amides is 1. The summed E-state index contributed by atoms with van der Waals surface area (Å²) in [5, 5.41) is 8.88. The molecule has 2 rings (SSSR count). The highest BCUT2D eigenvalue weighted by Crippen LogP contribution is 2.26. The van der Waals surface area contributed by atoms with Crippen LogP contribution in [-0.4, -0.2) is 54.4 Å². The van der Waals surface area contributed by atoms with Gasteiger partial charge in [-0.3, -0.25) is 0 Å². The summed E-state index contributed by atoms with van der Waals surface area (Å²) in [6.45, 7) is 2.30. The molecule has 0 spiro atoms. The minimum atomic E-state index is -0.862. The van der Waals surface area contributed by atoms with Gasteiger partial charge in [-0.05, 0) is 28.1 Å². The highest BCUT2D eigenvalue weighted by molar-refractivity contribution is 9.10. The number of carbonyl (C=O) groups is 1. The van der Waals surface area contributed by atoms with Crippen molar-refractivity contribution in [2.24, 2.45) is 0 Å². The Morgan fingerprint density at radius 1 is 1.39 bits per heavy atom. The van der Waals surface area contributed by atoms with Crippen molar-refractivity contribution in [1.82, 2.24) is 9.88 Å². The lowest BCUT2D eigenvalue weighted by Crippen LogP contribution is -2.48. The number of rotatable bonds is 2. The molecule has 0 unspecified atom stereocenters. The lowest BCUT2D eigenvalue weighted by molar-refractivity contribution is 0.142. The van der Waals surface area contributed by atoms with Gasteiger partial charge in [-0.15, -0.1) is 0 Å². The summed E-state index contributed by atoms with van der Waals surface area (Å²) in [5.74, 6) is 1.51. The minimum Gasteiger partial charge on any atom is -0.494 e. The van der Waals surface area contributed by atoms with E-state index in [9.17, 15) is 4.79 Å². The monoisotopic (exact) mass is 315 g/mol. The summed E-state index contributed by atoms with van der Waals surface area (Å²) < 4.78 is 5.78. The fourth-order valence-electron chi connectivity index (χ4n) is 1.87. The molecule has 6 nitrogen and oxygen atoms in total. The Hall–Kier alpha value is -1.50. The van der Waals surface area contributed by atoms with Crippen molar-refractivity contribution in [2.45, 2.75) is 0 Å². The number of anilines is 1. The van der Waals surface area contributed by atoms with Gasteiger partial charge < -0.3 is 19.6 Å². The molecule has 7 heteroatoms. The van der Waals surface area contributed by atoms with Crippen molar-refractivity contribution in [1.29, 1.82) is 0 Å². The van der Waals surface area contributed by atoms with Crippen LogP contribution in [0.1, 0.15) is 0 Å². The van der Waals surface area contributed by atoms with Crippen LogP contribution in [-0.2, 0) is 0 Å². The van der Waals surface area contributed by atoms with E-state index in [0.717, 1.165) is 5.82 Å². The molecule has 98 valence electrons. The summed E-state index contributed by atoms with van der Waals surface area (Å²) in [7, 11) is 1.59. The van der Waals surface area contributed by atoms with Gasteiger partial charge in [0.25, 0.3) is 0 Å². The molecule has 1 aromatic rings. The number of halogens is 1. The maximum absolute atomic E-state index is 10.8. The van der Waals surface area contributed by atoms with Crippen LogP contribution in [0.3, 0.4) is 0 Å². The fraction of sp³-hybridized carbons (Fsp3) is 0.455. The molecule has 1 aliphatic rings. The average Bonchev–Trinajstić information content (AvgIpc) is 2.38. The quantitative estimate of drug-likeness (QED) is 0.841. The highest BCUT2D eigenvalue weighted by atomic mass is 79.9. The maximum atomic E-state index is 10.8.